The second-order valence-corrected chi connectivity index (χ2v) is 6.84. The van der Waals surface area contributed by atoms with Gasteiger partial charge in [-0.3, -0.25) is 9.36 Å². The van der Waals surface area contributed by atoms with Crippen LogP contribution < -0.4 is 0 Å². The van der Waals surface area contributed by atoms with E-state index in [4.69, 9.17) is 0 Å². The molecule has 4 rings (SSSR count). The fourth-order valence-corrected chi connectivity index (χ4v) is 3.88. The molecule has 0 saturated heterocycles. The van der Waals surface area contributed by atoms with Crippen molar-refractivity contribution in [2.24, 2.45) is 0 Å². The summed E-state index contributed by atoms with van der Waals surface area (Å²) in [6, 6.07) is 27.6. The Hall–Kier alpha value is -2.85. The molecule has 0 radical (unpaired) electrons. The van der Waals surface area contributed by atoms with Gasteiger partial charge < -0.3 is 0 Å². The molecule has 122 valence electrons. The summed E-state index contributed by atoms with van der Waals surface area (Å²) < 4.78 is 1.66. The van der Waals surface area contributed by atoms with Gasteiger partial charge in [0.25, 0.3) is 0 Å². The van der Waals surface area contributed by atoms with Crippen LogP contribution in [-0.2, 0) is 0 Å². The van der Waals surface area contributed by atoms with Crippen molar-refractivity contribution in [3.8, 4) is 0 Å². The molecule has 0 saturated carbocycles. The van der Waals surface area contributed by atoms with E-state index >= 15 is 0 Å². The van der Waals surface area contributed by atoms with Crippen molar-refractivity contribution in [2.45, 2.75) is 10.1 Å². The minimum Gasteiger partial charge on any atom is -0.272 e. The molecule has 1 atom stereocenters. The third kappa shape index (κ3) is 3.21. The third-order valence-electron chi connectivity index (χ3n) is 4.01. The first-order valence-corrected chi connectivity index (χ1v) is 8.94. The number of rotatable bonds is 4. The first-order valence-electron chi connectivity index (χ1n) is 8.06. The van der Waals surface area contributed by atoms with Gasteiger partial charge in [-0.1, -0.05) is 60.7 Å². The van der Waals surface area contributed by atoms with Crippen molar-refractivity contribution in [3.05, 3.63) is 96.8 Å². The highest BCUT2D eigenvalue weighted by atomic mass is 32.2. The molecule has 0 N–H and O–H groups in total. The standard InChI is InChI=1S/C21H16N2OS/c24-21(23-15-22-18-13-7-8-14-19(18)23)20(16-9-3-1-4-10-16)25-17-11-5-2-6-12-17/h1-15,20H/t20-/m0/s1. The monoisotopic (exact) mass is 344 g/mol. The lowest BCUT2D eigenvalue weighted by Crippen LogP contribution is -2.17. The highest BCUT2D eigenvalue weighted by Crippen LogP contribution is 2.36. The zero-order valence-corrected chi connectivity index (χ0v) is 14.3. The molecule has 3 aromatic carbocycles. The van der Waals surface area contributed by atoms with Crippen molar-refractivity contribution in [1.82, 2.24) is 9.55 Å². The predicted molar refractivity (Wildman–Crippen MR) is 102 cm³/mol. The number of aromatic nitrogens is 2. The van der Waals surface area contributed by atoms with Crippen LogP contribution in [-0.4, -0.2) is 15.5 Å². The fourth-order valence-electron chi connectivity index (χ4n) is 2.79. The van der Waals surface area contributed by atoms with E-state index in [1.807, 2.05) is 84.9 Å². The zero-order valence-electron chi connectivity index (χ0n) is 13.4. The van der Waals surface area contributed by atoms with E-state index in [2.05, 4.69) is 4.98 Å². The van der Waals surface area contributed by atoms with Gasteiger partial charge in [-0.05, 0) is 29.8 Å². The lowest BCUT2D eigenvalue weighted by atomic mass is 10.1. The summed E-state index contributed by atoms with van der Waals surface area (Å²) in [7, 11) is 0. The average Bonchev–Trinajstić information content (AvgIpc) is 3.11. The predicted octanol–water partition coefficient (Wildman–Crippen LogP) is 5.21. The molecule has 4 heteroatoms. The Kier molecular flexibility index (Phi) is 4.36. The van der Waals surface area contributed by atoms with Crippen molar-refractivity contribution in [3.63, 3.8) is 0 Å². The van der Waals surface area contributed by atoms with E-state index < -0.39 is 0 Å². The van der Waals surface area contributed by atoms with Crippen LogP contribution in [0.25, 0.3) is 11.0 Å². The molecular formula is C21H16N2OS. The number of nitrogens with zero attached hydrogens (tertiary/aromatic N) is 2. The average molecular weight is 344 g/mol. The van der Waals surface area contributed by atoms with Crippen LogP contribution in [0.1, 0.15) is 15.6 Å². The Bertz CT molecular complexity index is 996. The van der Waals surface area contributed by atoms with Gasteiger partial charge in [0, 0.05) is 4.90 Å². The van der Waals surface area contributed by atoms with Crippen molar-refractivity contribution < 1.29 is 4.79 Å². The number of hydrogen-bond acceptors (Lipinski definition) is 3. The number of imidazole rings is 1. The molecule has 4 aromatic rings. The van der Waals surface area contributed by atoms with E-state index in [0.717, 1.165) is 21.5 Å². The molecule has 1 aromatic heterocycles. The largest absolute Gasteiger partial charge is 0.272 e. The highest BCUT2D eigenvalue weighted by molar-refractivity contribution is 8.00. The van der Waals surface area contributed by atoms with Gasteiger partial charge in [-0.25, -0.2) is 4.98 Å². The topological polar surface area (TPSA) is 34.9 Å². The Labute approximate surface area is 150 Å². The van der Waals surface area contributed by atoms with Crippen molar-refractivity contribution in [2.75, 3.05) is 0 Å². The van der Waals surface area contributed by atoms with Crippen molar-refractivity contribution in [1.29, 1.82) is 0 Å². The summed E-state index contributed by atoms with van der Waals surface area (Å²) in [6.45, 7) is 0. The second-order valence-electron chi connectivity index (χ2n) is 5.66. The minimum absolute atomic E-state index is 0.00810. The minimum atomic E-state index is -0.332. The SMILES string of the molecule is O=C([C@@H](Sc1ccccc1)c1ccccc1)n1cnc2ccccc21. The Morgan fingerprint density at radius 2 is 1.48 bits per heavy atom. The number of carbonyl (C=O) groups is 1. The van der Waals surface area contributed by atoms with Crippen LogP contribution in [0.4, 0.5) is 0 Å². The molecule has 0 aliphatic rings. The number of carbonyl (C=O) groups excluding carboxylic acids is 1. The van der Waals surface area contributed by atoms with Crippen LogP contribution in [0.15, 0.2) is 96.2 Å². The quantitative estimate of drug-likeness (QED) is 0.477. The molecular weight excluding hydrogens is 328 g/mol. The highest BCUT2D eigenvalue weighted by Gasteiger charge is 2.24. The van der Waals surface area contributed by atoms with E-state index in [1.165, 1.54) is 0 Å². The summed E-state index contributed by atoms with van der Waals surface area (Å²) in [5, 5.41) is -0.332. The Morgan fingerprint density at radius 1 is 0.840 bits per heavy atom. The van der Waals surface area contributed by atoms with Crippen molar-refractivity contribution >= 4 is 28.7 Å². The normalized spacial score (nSPS) is 12.2. The van der Waals surface area contributed by atoms with Gasteiger partial charge in [0.15, 0.2) is 0 Å². The maximum Gasteiger partial charge on any atom is 0.250 e. The summed E-state index contributed by atoms with van der Waals surface area (Å²) in [5.41, 5.74) is 2.65. The van der Waals surface area contributed by atoms with Gasteiger partial charge in [-0.15, -0.1) is 11.8 Å². The van der Waals surface area contributed by atoms with E-state index in [1.54, 1.807) is 22.7 Å². The molecule has 1 heterocycles. The van der Waals surface area contributed by atoms with E-state index in [-0.39, 0.29) is 11.2 Å². The summed E-state index contributed by atoms with van der Waals surface area (Å²) in [4.78, 5) is 18.7. The zero-order chi connectivity index (χ0) is 17.1. The molecule has 0 spiro atoms. The van der Waals surface area contributed by atoms with Gasteiger partial charge in [0.05, 0.1) is 11.0 Å². The molecule has 0 unspecified atom stereocenters. The number of fused-ring (bicyclic) bond motifs is 1. The Morgan fingerprint density at radius 3 is 2.24 bits per heavy atom. The first-order chi connectivity index (χ1) is 12.3. The van der Waals surface area contributed by atoms with Crippen LogP contribution in [0, 0.1) is 0 Å². The molecule has 0 aliphatic carbocycles. The molecule has 25 heavy (non-hydrogen) atoms. The molecule has 0 aliphatic heterocycles. The van der Waals surface area contributed by atoms with Gasteiger partial charge >= 0.3 is 0 Å². The molecule has 0 bridgehead atoms. The maximum absolute atomic E-state index is 13.3. The smallest absolute Gasteiger partial charge is 0.250 e. The molecule has 0 amide bonds. The summed E-state index contributed by atoms with van der Waals surface area (Å²) >= 11 is 1.56. The van der Waals surface area contributed by atoms with Crippen LogP contribution in [0.2, 0.25) is 0 Å². The van der Waals surface area contributed by atoms with E-state index in [0.29, 0.717) is 0 Å². The lowest BCUT2D eigenvalue weighted by molar-refractivity contribution is 0.0915. The number of hydrogen-bond donors (Lipinski definition) is 0. The van der Waals surface area contributed by atoms with Gasteiger partial charge in [-0.2, -0.15) is 0 Å². The van der Waals surface area contributed by atoms with Gasteiger partial charge in [0.2, 0.25) is 5.91 Å². The van der Waals surface area contributed by atoms with E-state index in [9.17, 15) is 4.79 Å². The van der Waals surface area contributed by atoms with Crippen LogP contribution >= 0.6 is 11.8 Å². The number of benzene rings is 3. The first kappa shape index (κ1) is 15.7. The second kappa shape index (κ2) is 6.95. The summed E-state index contributed by atoms with van der Waals surface area (Å²) in [5.74, 6) is 0.00810. The fraction of sp³-hybridized carbons (Fsp3) is 0.0476. The van der Waals surface area contributed by atoms with Crippen LogP contribution in [0.5, 0.6) is 0 Å². The van der Waals surface area contributed by atoms with Gasteiger partial charge in [0.1, 0.15) is 11.6 Å². The molecule has 3 nitrogen and oxygen atoms in total. The lowest BCUT2D eigenvalue weighted by Gasteiger charge is -2.17. The number of para-hydroxylation sites is 2. The van der Waals surface area contributed by atoms with Crippen LogP contribution in [0.3, 0.4) is 0 Å². The Balaban J connectivity index is 1.76. The molecule has 0 fully saturated rings. The number of thioether (sulfide) groups is 1. The third-order valence-corrected chi connectivity index (χ3v) is 5.27. The summed E-state index contributed by atoms with van der Waals surface area (Å²) in [6.07, 6.45) is 1.62. The maximum atomic E-state index is 13.3.